The maximum Gasteiger partial charge on any atom is 0.262 e. The van der Waals surface area contributed by atoms with Crippen molar-refractivity contribution in [3.8, 4) is 0 Å². The van der Waals surface area contributed by atoms with Crippen molar-refractivity contribution in [2.45, 2.75) is 19.4 Å². The summed E-state index contributed by atoms with van der Waals surface area (Å²) < 4.78 is 0. The molecule has 2 aliphatic heterocycles. The highest BCUT2D eigenvalue weighted by molar-refractivity contribution is 6.22. The van der Waals surface area contributed by atoms with Gasteiger partial charge in [-0.3, -0.25) is 24.1 Å². The molecule has 0 aliphatic carbocycles. The van der Waals surface area contributed by atoms with Crippen molar-refractivity contribution in [1.29, 1.82) is 0 Å². The molecule has 0 radical (unpaired) electrons. The molecule has 0 aromatic heterocycles. The first-order valence-corrected chi connectivity index (χ1v) is 12.1. The molecule has 0 saturated carbocycles. The molecule has 0 spiro atoms. The van der Waals surface area contributed by atoms with E-state index >= 15 is 0 Å². The fourth-order valence-electron chi connectivity index (χ4n) is 4.92. The first-order valence-electron chi connectivity index (χ1n) is 12.1. The van der Waals surface area contributed by atoms with Crippen LogP contribution in [0.5, 0.6) is 0 Å². The molecule has 3 aromatic carbocycles. The number of amides is 3. The Morgan fingerprint density at radius 3 is 1.86 bits per heavy atom. The number of fused-ring (bicyclic) bond motifs is 1. The summed E-state index contributed by atoms with van der Waals surface area (Å²) >= 11 is 0. The van der Waals surface area contributed by atoms with E-state index in [2.05, 4.69) is 4.90 Å². The van der Waals surface area contributed by atoms with Crippen LogP contribution >= 0.6 is 0 Å². The molecule has 2 heterocycles. The molecule has 1 saturated heterocycles. The Labute approximate surface area is 209 Å². The van der Waals surface area contributed by atoms with Crippen molar-refractivity contribution in [2.24, 2.45) is 0 Å². The van der Waals surface area contributed by atoms with Crippen molar-refractivity contribution >= 4 is 29.2 Å². The average molecular weight is 482 g/mol. The number of ketones is 1. The first kappa shape index (κ1) is 23.5. The van der Waals surface area contributed by atoms with Crippen LogP contribution in [0.1, 0.15) is 43.6 Å². The molecule has 2 aliphatic rings. The van der Waals surface area contributed by atoms with E-state index in [0.717, 1.165) is 16.2 Å². The van der Waals surface area contributed by atoms with Gasteiger partial charge < -0.3 is 9.80 Å². The summed E-state index contributed by atoms with van der Waals surface area (Å²) in [6.07, 6.45) is 0.262. The number of piperazine rings is 1. The lowest BCUT2D eigenvalue weighted by Gasteiger charge is -2.39. The van der Waals surface area contributed by atoms with Gasteiger partial charge in [0.05, 0.1) is 11.1 Å². The molecule has 0 bridgehead atoms. The van der Waals surface area contributed by atoms with Crippen molar-refractivity contribution in [3.05, 3.63) is 101 Å². The van der Waals surface area contributed by atoms with Gasteiger partial charge in [0, 0.05) is 43.9 Å². The molecule has 0 N–H and O–H groups in total. The van der Waals surface area contributed by atoms with Crippen LogP contribution in [-0.4, -0.2) is 65.5 Å². The Morgan fingerprint density at radius 1 is 0.750 bits per heavy atom. The third kappa shape index (κ3) is 4.40. The van der Waals surface area contributed by atoms with E-state index in [9.17, 15) is 19.2 Å². The normalized spacial score (nSPS) is 16.2. The Balaban J connectivity index is 1.35. The van der Waals surface area contributed by atoms with E-state index in [4.69, 9.17) is 0 Å². The van der Waals surface area contributed by atoms with Gasteiger partial charge >= 0.3 is 0 Å². The molecular weight excluding hydrogens is 454 g/mol. The molecule has 1 atom stereocenters. The summed E-state index contributed by atoms with van der Waals surface area (Å²) in [5.41, 5.74) is 3.22. The number of anilines is 1. The number of hydrogen-bond acceptors (Lipinski definition) is 5. The summed E-state index contributed by atoms with van der Waals surface area (Å²) in [5, 5.41) is 0. The zero-order valence-electron chi connectivity index (χ0n) is 20.1. The Morgan fingerprint density at radius 2 is 1.31 bits per heavy atom. The summed E-state index contributed by atoms with van der Waals surface area (Å²) in [5.74, 6) is -1.04. The van der Waals surface area contributed by atoms with Crippen LogP contribution in [-0.2, 0) is 11.2 Å². The van der Waals surface area contributed by atoms with Gasteiger partial charge in [-0.15, -0.1) is 0 Å². The Bertz CT molecular complexity index is 1280. The first-order chi connectivity index (χ1) is 17.4. The van der Waals surface area contributed by atoms with Gasteiger partial charge in [-0.25, -0.2) is 0 Å². The molecule has 0 unspecified atom stereocenters. The zero-order chi connectivity index (χ0) is 25.2. The summed E-state index contributed by atoms with van der Waals surface area (Å²) in [6.45, 7) is 3.72. The average Bonchev–Trinajstić information content (AvgIpc) is 3.17. The van der Waals surface area contributed by atoms with Gasteiger partial charge in [0.1, 0.15) is 6.04 Å². The highest BCUT2D eigenvalue weighted by Crippen LogP contribution is 2.27. The van der Waals surface area contributed by atoms with Crippen LogP contribution in [0.2, 0.25) is 0 Å². The van der Waals surface area contributed by atoms with E-state index in [0.29, 0.717) is 42.9 Å². The van der Waals surface area contributed by atoms with Gasteiger partial charge in [-0.2, -0.15) is 0 Å². The maximum absolute atomic E-state index is 13.8. The lowest BCUT2D eigenvalue weighted by atomic mass is 10.0. The SMILES string of the molecule is CC(=O)c1ccc(N2CCN(C(=O)[C@H](Cc3ccccc3)N3C(=O)c4ccccc4C3=O)CC2)cc1. The molecule has 36 heavy (non-hydrogen) atoms. The molecule has 7 nitrogen and oxygen atoms in total. The third-order valence-corrected chi connectivity index (χ3v) is 6.92. The van der Waals surface area contributed by atoms with Crippen molar-refractivity contribution in [2.75, 3.05) is 31.1 Å². The number of benzene rings is 3. The van der Waals surface area contributed by atoms with Crippen molar-refractivity contribution in [1.82, 2.24) is 9.80 Å². The number of imide groups is 1. The number of carbonyl (C=O) groups excluding carboxylic acids is 4. The van der Waals surface area contributed by atoms with Gasteiger partial charge in [-0.1, -0.05) is 42.5 Å². The number of Topliss-reactive ketones (excluding diaryl/α,β-unsaturated/α-hetero) is 1. The van der Waals surface area contributed by atoms with Crippen LogP contribution in [0.15, 0.2) is 78.9 Å². The molecule has 182 valence electrons. The zero-order valence-corrected chi connectivity index (χ0v) is 20.1. The monoisotopic (exact) mass is 481 g/mol. The topological polar surface area (TPSA) is 78.0 Å². The second kappa shape index (κ2) is 9.77. The number of rotatable bonds is 6. The number of carbonyl (C=O) groups is 4. The van der Waals surface area contributed by atoms with E-state index in [-0.39, 0.29) is 18.1 Å². The predicted octanol–water partition coefficient (Wildman–Crippen LogP) is 3.45. The number of hydrogen-bond donors (Lipinski definition) is 0. The Kier molecular flexibility index (Phi) is 6.38. The predicted molar refractivity (Wildman–Crippen MR) is 136 cm³/mol. The van der Waals surface area contributed by atoms with Crippen LogP contribution in [0.3, 0.4) is 0 Å². The molecule has 7 heteroatoms. The quantitative estimate of drug-likeness (QED) is 0.398. The lowest BCUT2D eigenvalue weighted by Crippen LogP contribution is -2.56. The van der Waals surface area contributed by atoms with Gasteiger partial charge in [0.15, 0.2) is 5.78 Å². The summed E-state index contributed by atoms with van der Waals surface area (Å²) in [7, 11) is 0. The standard InChI is InChI=1S/C29H27N3O4/c1-20(33)22-11-13-23(14-12-22)30-15-17-31(18-16-30)29(36)26(19-21-7-3-2-4-8-21)32-27(34)24-9-5-6-10-25(24)28(32)35/h2-14,26H,15-19H2,1H3/t26-/m0/s1. The van der Waals surface area contributed by atoms with E-state index in [1.165, 1.54) is 0 Å². The minimum absolute atomic E-state index is 0.0228. The fourth-order valence-corrected chi connectivity index (χ4v) is 4.92. The number of nitrogens with zero attached hydrogens (tertiary/aromatic N) is 3. The highest BCUT2D eigenvalue weighted by atomic mass is 16.2. The van der Waals surface area contributed by atoms with Gasteiger partial charge in [0.2, 0.25) is 5.91 Å². The van der Waals surface area contributed by atoms with Gasteiger partial charge in [-0.05, 0) is 48.9 Å². The fraction of sp³-hybridized carbons (Fsp3) is 0.241. The third-order valence-electron chi connectivity index (χ3n) is 6.92. The van der Waals surface area contributed by atoms with Crippen LogP contribution in [0, 0.1) is 0 Å². The highest BCUT2D eigenvalue weighted by Gasteiger charge is 2.44. The van der Waals surface area contributed by atoms with Crippen LogP contribution in [0.25, 0.3) is 0 Å². The molecule has 5 rings (SSSR count). The molecule has 1 fully saturated rings. The molecule has 3 aromatic rings. The minimum atomic E-state index is -0.916. The summed E-state index contributed by atoms with van der Waals surface area (Å²) in [6, 6.07) is 22.7. The van der Waals surface area contributed by atoms with Crippen LogP contribution in [0.4, 0.5) is 5.69 Å². The largest absolute Gasteiger partial charge is 0.368 e. The van der Waals surface area contributed by atoms with E-state index < -0.39 is 17.9 Å². The summed E-state index contributed by atoms with van der Waals surface area (Å²) in [4.78, 5) is 56.9. The van der Waals surface area contributed by atoms with E-state index in [1.807, 2.05) is 54.6 Å². The Hall–Kier alpha value is -4.26. The van der Waals surface area contributed by atoms with Crippen LogP contribution < -0.4 is 4.90 Å². The lowest BCUT2D eigenvalue weighted by molar-refractivity contribution is -0.135. The minimum Gasteiger partial charge on any atom is -0.368 e. The second-order valence-electron chi connectivity index (χ2n) is 9.15. The van der Waals surface area contributed by atoms with Gasteiger partial charge in [0.25, 0.3) is 11.8 Å². The second-order valence-corrected chi connectivity index (χ2v) is 9.15. The van der Waals surface area contributed by atoms with Crippen molar-refractivity contribution in [3.63, 3.8) is 0 Å². The van der Waals surface area contributed by atoms with E-state index in [1.54, 1.807) is 36.1 Å². The maximum atomic E-state index is 13.8. The molecule has 3 amide bonds. The van der Waals surface area contributed by atoms with Crippen molar-refractivity contribution < 1.29 is 19.2 Å². The molecular formula is C29H27N3O4. The smallest absolute Gasteiger partial charge is 0.262 e.